The molecule has 20 heavy (non-hydrogen) atoms. The van der Waals surface area contributed by atoms with E-state index >= 15 is 0 Å². The molecule has 1 unspecified atom stereocenters. The molecule has 0 aliphatic heterocycles. The lowest BCUT2D eigenvalue weighted by molar-refractivity contribution is -0.124. The predicted octanol–water partition coefficient (Wildman–Crippen LogP) is 1.62. The number of thiazole rings is 1. The number of nitrogens with one attached hydrogen (secondary N) is 1. The molecule has 0 bridgehead atoms. The SMILES string of the molecule is CCC(C(=O)NCCCc1csc(N)n1)n1cccn1. The van der Waals surface area contributed by atoms with E-state index in [4.69, 9.17) is 5.73 Å². The van der Waals surface area contributed by atoms with Crippen molar-refractivity contribution in [1.29, 1.82) is 0 Å². The van der Waals surface area contributed by atoms with Crippen LogP contribution in [0.5, 0.6) is 0 Å². The number of rotatable bonds is 7. The smallest absolute Gasteiger partial charge is 0.244 e. The van der Waals surface area contributed by atoms with E-state index in [-0.39, 0.29) is 11.9 Å². The van der Waals surface area contributed by atoms with Gasteiger partial charge in [-0.1, -0.05) is 6.92 Å². The van der Waals surface area contributed by atoms with Gasteiger partial charge in [0.2, 0.25) is 5.91 Å². The molecule has 0 saturated heterocycles. The van der Waals surface area contributed by atoms with Crippen molar-refractivity contribution >= 4 is 22.4 Å². The lowest BCUT2D eigenvalue weighted by Crippen LogP contribution is -2.33. The molecule has 1 atom stereocenters. The third-order valence-electron chi connectivity index (χ3n) is 3.01. The zero-order valence-electron chi connectivity index (χ0n) is 11.5. The Hall–Kier alpha value is -1.89. The van der Waals surface area contributed by atoms with Crippen LogP contribution in [-0.2, 0) is 11.2 Å². The van der Waals surface area contributed by atoms with Crippen LogP contribution in [0, 0.1) is 0 Å². The van der Waals surface area contributed by atoms with Gasteiger partial charge in [-0.3, -0.25) is 9.48 Å². The summed E-state index contributed by atoms with van der Waals surface area (Å²) < 4.78 is 1.69. The molecule has 0 spiro atoms. The van der Waals surface area contributed by atoms with E-state index in [1.54, 1.807) is 10.9 Å². The largest absolute Gasteiger partial charge is 0.375 e. The second kappa shape index (κ2) is 7.04. The first kappa shape index (κ1) is 14.5. The van der Waals surface area contributed by atoms with Crippen LogP contribution in [0.2, 0.25) is 0 Å². The van der Waals surface area contributed by atoms with E-state index in [2.05, 4.69) is 15.4 Å². The lowest BCUT2D eigenvalue weighted by atomic mass is 10.2. The Balaban J connectivity index is 1.74. The quantitative estimate of drug-likeness (QED) is 0.760. The van der Waals surface area contributed by atoms with Gasteiger partial charge in [0, 0.05) is 24.3 Å². The average molecular weight is 293 g/mol. The van der Waals surface area contributed by atoms with E-state index in [0.29, 0.717) is 11.7 Å². The highest BCUT2D eigenvalue weighted by atomic mass is 32.1. The molecular formula is C13H19N5OS. The van der Waals surface area contributed by atoms with E-state index in [0.717, 1.165) is 25.0 Å². The molecule has 7 heteroatoms. The molecule has 2 rings (SSSR count). The maximum absolute atomic E-state index is 12.1. The summed E-state index contributed by atoms with van der Waals surface area (Å²) in [4.78, 5) is 16.3. The van der Waals surface area contributed by atoms with E-state index in [1.165, 1.54) is 11.3 Å². The third kappa shape index (κ3) is 3.80. The Kier molecular flexibility index (Phi) is 5.11. The molecule has 6 nitrogen and oxygen atoms in total. The first-order valence-corrected chi connectivity index (χ1v) is 7.55. The number of aryl methyl sites for hydroxylation is 1. The molecule has 0 aliphatic rings. The number of hydrogen-bond acceptors (Lipinski definition) is 5. The van der Waals surface area contributed by atoms with E-state index in [1.807, 2.05) is 24.6 Å². The van der Waals surface area contributed by atoms with Gasteiger partial charge >= 0.3 is 0 Å². The molecule has 3 N–H and O–H groups in total. The van der Waals surface area contributed by atoms with Crippen LogP contribution < -0.4 is 11.1 Å². The van der Waals surface area contributed by atoms with Crippen LogP contribution in [0.3, 0.4) is 0 Å². The van der Waals surface area contributed by atoms with Gasteiger partial charge in [-0.05, 0) is 25.3 Å². The molecule has 0 saturated carbocycles. The van der Waals surface area contributed by atoms with Gasteiger partial charge in [0.05, 0.1) is 5.69 Å². The van der Waals surface area contributed by atoms with Gasteiger partial charge in [-0.15, -0.1) is 11.3 Å². The average Bonchev–Trinajstić information content (AvgIpc) is 3.08. The van der Waals surface area contributed by atoms with Gasteiger partial charge in [0.15, 0.2) is 5.13 Å². The molecule has 0 aliphatic carbocycles. The van der Waals surface area contributed by atoms with Gasteiger partial charge in [0.25, 0.3) is 0 Å². The van der Waals surface area contributed by atoms with Crippen molar-refractivity contribution in [1.82, 2.24) is 20.1 Å². The number of nitrogen functional groups attached to an aromatic ring is 1. The summed E-state index contributed by atoms with van der Waals surface area (Å²) in [5.74, 6) is 0.00833. The van der Waals surface area contributed by atoms with Crippen LogP contribution in [0.25, 0.3) is 0 Å². The fourth-order valence-electron chi connectivity index (χ4n) is 1.99. The second-order valence-corrected chi connectivity index (χ2v) is 5.37. The summed E-state index contributed by atoms with van der Waals surface area (Å²) in [7, 11) is 0. The van der Waals surface area contributed by atoms with E-state index in [9.17, 15) is 4.79 Å². The molecule has 108 valence electrons. The molecule has 2 heterocycles. The zero-order chi connectivity index (χ0) is 14.4. The topological polar surface area (TPSA) is 85.8 Å². The van der Waals surface area contributed by atoms with Gasteiger partial charge in [0.1, 0.15) is 6.04 Å². The van der Waals surface area contributed by atoms with Crippen LogP contribution in [-0.4, -0.2) is 27.2 Å². The van der Waals surface area contributed by atoms with Crippen molar-refractivity contribution in [3.63, 3.8) is 0 Å². The zero-order valence-corrected chi connectivity index (χ0v) is 12.3. The van der Waals surface area contributed by atoms with E-state index < -0.39 is 0 Å². The number of carbonyl (C=O) groups is 1. The summed E-state index contributed by atoms with van der Waals surface area (Å²) in [5, 5.41) is 9.61. The highest BCUT2D eigenvalue weighted by Gasteiger charge is 2.17. The minimum Gasteiger partial charge on any atom is -0.375 e. The van der Waals surface area contributed by atoms with Crippen molar-refractivity contribution in [2.75, 3.05) is 12.3 Å². The Bertz CT molecular complexity index is 537. The van der Waals surface area contributed by atoms with Crippen molar-refractivity contribution in [2.45, 2.75) is 32.2 Å². The minimum absolute atomic E-state index is 0.00833. The van der Waals surface area contributed by atoms with Gasteiger partial charge in [-0.25, -0.2) is 4.98 Å². The summed E-state index contributed by atoms with van der Waals surface area (Å²) >= 11 is 1.44. The number of hydrogen-bond donors (Lipinski definition) is 2. The Morgan fingerprint density at radius 1 is 1.60 bits per heavy atom. The highest BCUT2D eigenvalue weighted by Crippen LogP contribution is 2.12. The summed E-state index contributed by atoms with van der Waals surface area (Å²) in [6, 6.07) is 1.59. The van der Waals surface area contributed by atoms with Gasteiger partial charge in [-0.2, -0.15) is 5.10 Å². The number of anilines is 1. The van der Waals surface area contributed by atoms with Gasteiger partial charge < -0.3 is 11.1 Å². The third-order valence-corrected chi connectivity index (χ3v) is 3.73. The first-order chi connectivity index (χ1) is 9.70. The summed E-state index contributed by atoms with van der Waals surface area (Å²) in [6.07, 6.45) is 5.89. The monoisotopic (exact) mass is 293 g/mol. The van der Waals surface area contributed by atoms with Crippen molar-refractivity contribution in [2.24, 2.45) is 0 Å². The standard InChI is InChI=1S/C13H19N5OS/c1-2-11(18-8-4-7-16-18)12(19)15-6-3-5-10-9-20-13(14)17-10/h4,7-9,11H,2-3,5-6H2,1H3,(H2,14,17)(H,15,19). The van der Waals surface area contributed by atoms with Crippen LogP contribution in [0.15, 0.2) is 23.8 Å². The molecule has 0 aromatic carbocycles. The predicted molar refractivity (Wildman–Crippen MR) is 79.4 cm³/mol. The number of nitrogens with two attached hydrogens (primary N) is 1. The second-order valence-electron chi connectivity index (χ2n) is 4.48. The Morgan fingerprint density at radius 3 is 3.05 bits per heavy atom. The Labute approximate surface area is 122 Å². The number of carbonyl (C=O) groups excluding carboxylic acids is 1. The lowest BCUT2D eigenvalue weighted by Gasteiger charge is -2.15. The number of amides is 1. The molecular weight excluding hydrogens is 274 g/mol. The molecule has 2 aromatic rings. The normalized spacial score (nSPS) is 12.2. The van der Waals surface area contributed by atoms with Crippen molar-refractivity contribution in [3.05, 3.63) is 29.5 Å². The fraction of sp³-hybridized carbons (Fsp3) is 0.462. The molecule has 1 amide bonds. The van der Waals surface area contributed by atoms with Crippen LogP contribution in [0.1, 0.15) is 31.5 Å². The number of aromatic nitrogens is 3. The molecule has 2 aromatic heterocycles. The van der Waals surface area contributed by atoms with Crippen molar-refractivity contribution in [3.8, 4) is 0 Å². The summed E-state index contributed by atoms with van der Waals surface area (Å²) in [5.41, 5.74) is 6.56. The van der Waals surface area contributed by atoms with Crippen LogP contribution >= 0.6 is 11.3 Å². The fourth-order valence-corrected chi connectivity index (χ4v) is 2.59. The Morgan fingerprint density at radius 2 is 2.45 bits per heavy atom. The van der Waals surface area contributed by atoms with Crippen molar-refractivity contribution < 1.29 is 4.79 Å². The maximum atomic E-state index is 12.1. The van der Waals surface area contributed by atoms with Crippen LogP contribution in [0.4, 0.5) is 5.13 Å². The maximum Gasteiger partial charge on any atom is 0.244 e. The molecule has 0 fully saturated rings. The number of nitrogens with zero attached hydrogens (tertiary/aromatic N) is 3. The molecule has 0 radical (unpaired) electrons. The highest BCUT2D eigenvalue weighted by molar-refractivity contribution is 7.13. The minimum atomic E-state index is -0.236. The summed E-state index contributed by atoms with van der Waals surface area (Å²) in [6.45, 7) is 2.61. The first-order valence-electron chi connectivity index (χ1n) is 6.67.